The molecule has 0 fully saturated rings. The summed E-state index contributed by atoms with van der Waals surface area (Å²) >= 11 is 0. The molecule has 0 aromatic heterocycles. The van der Waals surface area contributed by atoms with Gasteiger partial charge in [0, 0.05) is 0 Å². The van der Waals surface area contributed by atoms with Crippen molar-refractivity contribution in [3.05, 3.63) is 35.4 Å². The molecule has 0 spiro atoms. The normalized spacial score (nSPS) is 14.1. The van der Waals surface area contributed by atoms with Gasteiger partial charge in [0.25, 0.3) is 11.8 Å². The van der Waals surface area contributed by atoms with Gasteiger partial charge < -0.3 is 1.43 Å². The molecule has 0 aliphatic carbocycles. The van der Waals surface area contributed by atoms with Gasteiger partial charge in [-0.2, -0.15) is 0 Å². The van der Waals surface area contributed by atoms with Crippen LogP contribution in [0.4, 0.5) is 0 Å². The number of hydroxylamine groups is 2. The molecule has 1 heterocycles. The Morgan fingerprint density at radius 3 is 1.85 bits per heavy atom. The van der Waals surface area contributed by atoms with Gasteiger partial charge in [-0.1, -0.05) is 12.1 Å². The van der Waals surface area contributed by atoms with E-state index >= 15 is 0 Å². The van der Waals surface area contributed by atoms with Crippen LogP contribution in [-0.4, -0.2) is 22.1 Å². The average molecular weight is 171 g/mol. The van der Waals surface area contributed by atoms with Crippen LogP contribution in [0.15, 0.2) is 24.3 Å². The molecule has 1 aliphatic heterocycles. The van der Waals surface area contributed by atoms with Crippen LogP contribution in [0.3, 0.4) is 0 Å². The summed E-state index contributed by atoms with van der Waals surface area (Å²) in [5.74, 6) is -1.31. The first-order valence-electron chi connectivity index (χ1n) is 3.38. The third-order valence-corrected chi connectivity index (χ3v) is 1.77. The number of imide groups is 1. The van der Waals surface area contributed by atoms with Crippen molar-refractivity contribution in [3.63, 3.8) is 0 Å². The molecule has 1 N–H and O–H groups in total. The zero-order valence-corrected chi connectivity index (χ0v) is 7.02. The third kappa shape index (κ3) is 1.29. The molecule has 2 rings (SSSR count). The molecule has 0 radical (unpaired) electrons. The molecule has 1 aliphatic rings. The Morgan fingerprint density at radius 1 is 1.08 bits per heavy atom. The summed E-state index contributed by atoms with van der Waals surface area (Å²) in [6.45, 7) is 0. The van der Waals surface area contributed by atoms with E-state index in [1.807, 2.05) is 0 Å². The number of fused-ring (bicyclic) bond motifs is 1. The van der Waals surface area contributed by atoms with E-state index in [4.69, 9.17) is 5.21 Å². The molecule has 5 heteroatoms. The van der Waals surface area contributed by atoms with Crippen LogP contribution in [-0.2, 0) is 0 Å². The number of hydrogen-bond donors (Lipinski definition) is 1. The molecule has 4 nitrogen and oxygen atoms in total. The first-order valence-corrected chi connectivity index (χ1v) is 3.38. The summed E-state index contributed by atoms with van der Waals surface area (Å²) < 4.78 is 0. The number of carbonyl (C=O) groups is 2. The average Bonchev–Trinajstić information content (AvgIpc) is 2.33. The van der Waals surface area contributed by atoms with E-state index in [0.717, 1.165) is 0 Å². The minimum atomic E-state index is -0.657. The van der Waals surface area contributed by atoms with Crippen molar-refractivity contribution in [3.8, 4) is 0 Å². The molecule has 0 unspecified atom stereocenters. The molecule has 0 saturated heterocycles. The van der Waals surface area contributed by atoms with Gasteiger partial charge in [-0.25, -0.2) is 0 Å². The van der Waals surface area contributed by atoms with Crippen molar-refractivity contribution < 1.29 is 35.1 Å². The van der Waals surface area contributed by atoms with Gasteiger partial charge in [-0.3, -0.25) is 14.8 Å². The van der Waals surface area contributed by atoms with Crippen LogP contribution in [0.1, 0.15) is 22.1 Å². The number of amides is 2. The predicted molar refractivity (Wildman–Crippen MR) is 39.8 cm³/mol. The molecule has 0 saturated carbocycles. The summed E-state index contributed by atoms with van der Waals surface area (Å²) in [4.78, 5) is 22.1. The van der Waals surface area contributed by atoms with Crippen LogP contribution < -0.4 is 18.9 Å². The third-order valence-electron chi connectivity index (χ3n) is 1.77. The summed E-state index contributed by atoms with van der Waals surface area (Å²) in [7, 11) is 0. The molecule has 1 aromatic rings. The number of benzene rings is 1. The maximum absolute atomic E-state index is 11.1. The van der Waals surface area contributed by atoms with Crippen molar-refractivity contribution in [2.24, 2.45) is 0 Å². The van der Waals surface area contributed by atoms with Crippen molar-refractivity contribution in [1.82, 2.24) is 5.06 Å². The summed E-state index contributed by atoms with van der Waals surface area (Å²) in [6, 6.07) is 6.30. The Hall–Kier alpha value is -1.08. The predicted octanol–water partition coefficient (Wildman–Crippen LogP) is -2.21. The standard InChI is InChI=1S/C8H5NO3.Li.H/c10-7-5-3-1-2-4-6(5)8(11)9(7)12;;/h1-4,12H;;/q;+1;-1. The first kappa shape index (κ1) is 10.0. The Balaban J connectivity index is 0.000000845. The second-order valence-electron chi connectivity index (χ2n) is 2.47. The van der Waals surface area contributed by atoms with Gasteiger partial charge >= 0.3 is 18.9 Å². The van der Waals surface area contributed by atoms with Crippen molar-refractivity contribution in [2.75, 3.05) is 0 Å². The minimum Gasteiger partial charge on any atom is -1.00 e. The van der Waals surface area contributed by atoms with Crippen LogP contribution in [0.2, 0.25) is 0 Å². The monoisotopic (exact) mass is 171 g/mol. The van der Waals surface area contributed by atoms with Crippen LogP contribution in [0, 0.1) is 0 Å². The van der Waals surface area contributed by atoms with Gasteiger partial charge in [0.05, 0.1) is 11.1 Å². The Bertz CT molecular complexity index is 348. The smallest absolute Gasteiger partial charge is 1.00 e. The van der Waals surface area contributed by atoms with Gasteiger partial charge in [-0.15, -0.1) is 5.06 Å². The fourth-order valence-corrected chi connectivity index (χ4v) is 1.18. The van der Waals surface area contributed by atoms with E-state index in [1.165, 1.54) is 12.1 Å². The van der Waals surface area contributed by atoms with E-state index in [0.29, 0.717) is 0 Å². The van der Waals surface area contributed by atoms with E-state index in [2.05, 4.69) is 0 Å². The number of rotatable bonds is 0. The topological polar surface area (TPSA) is 57.6 Å². The van der Waals surface area contributed by atoms with Gasteiger partial charge in [-0.05, 0) is 12.1 Å². The maximum atomic E-state index is 11.1. The van der Waals surface area contributed by atoms with E-state index in [-0.39, 0.29) is 36.5 Å². The van der Waals surface area contributed by atoms with Crippen molar-refractivity contribution in [2.45, 2.75) is 0 Å². The molecular weight excluding hydrogens is 165 g/mol. The molecule has 2 amide bonds. The molecule has 13 heavy (non-hydrogen) atoms. The Kier molecular flexibility index (Phi) is 2.57. The van der Waals surface area contributed by atoms with Crippen molar-refractivity contribution in [1.29, 1.82) is 0 Å². The summed E-state index contributed by atoms with van der Waals surface area (Å²) in [5, 5.41) is 9.05. The number of nitrogens with zero attached hydrogens (tertiary/aromatic N) is 1. The van der Waals surface area contributed by atoms with Gasteiger partial charge in [0.15, 0.2) is 0 Å². The largest absolute Gasteiger partial charge is 1.00 e. The van der Waals surface area contributed by atoms with Gasteiger partial charge in [0.2, 0.25) is 0 Å². The Labute approximate surface area is 87.8 Å². The number of carbonyl (C=O) groups excluding carboxylic acids is 2. The second kappa shape index (κ2) is 3.34. The van der Waals surface area contributed by atoms with Crippen LogP contribution in [0.25, 0.3) is 0 Å². The Morgan fingerprint density at radius 2 is 1.46 bits per heavy atom. The van der Waals surface area contributed by atoms with Crippen molar-refractivity contribution >= 4 is 11.8 Å². The molecule has 62 valence electrons. The summed E-state index contributed by atoms with van der Waals surface area (Å²) in [5.41, 5.74) is 0.509. The van der Waals surface area contributed by atoms with Crippen LogP contribution in [0.5, 0.6) is 0 Å². The van der Waals surface area contributed by atoms with E-state index in [9.17, 15) is 9.59 Å². The van der Waals surface area contributed by atoms with Crippen LogP contribution >= 0.6 is 0 Å². The molecule has 0 bridgehead atoms. The molecule has 0 atom stereocenters. The fraction of sp³-hybridized carbons (Fsp3) is 0. The number of hydrogen-bond acceptors (Lipinski definition) is 3. The molecule has 1 aromatic carbocycles. The van der Waals surface area contributed by atoms with E-state index < -0.39 is 11.8 Å². The minimum absolute atomic E-state index is 0. The van der Waals surface area contributed by atoms with E-state index in [1.54, 1.807) is 12.1 Å². The van der Waals surface area contributed by atoms with Gasteiger partial charge in [0.1, 0.15) is 0 Å². The fourth-order valence-electron chi connectivity index (χ4n) is 1.18. The quantitative estimate of drug-likeness (QED) is 0.273. The molecular formula is C8H6LiNO3. The maximum Gasteiger partial charge on any atom is 1.00 e. The first-order chi connectivity index (χ1) is 5.72. The zero-order chi connectivity index (χ0) is 8.72. The SMILES string of the molecule is O=C1c2ccccc2C(=O)N1O.[H-].[Li+]. The summed E-state index contributed by atoms with van der Waals surface area (Å²) in [6.07, 6.45) is 0. The zero-order valence-electron chi connectivity index (χ0n) is 8.02. The second-order valence-corrected chi connectivity index (χ2v) is 2.47.